The predicted octanol–water partition coefficient (Wildman–Crippen LogP) is 2.64. The van der Waals surface area contributed by atoms with Crippen LogP contribution in [-0.4, -0.2) is 18.7 Å². The zero-order chi connectivity index (χ0) is 14.8. The Hall–Kier alpha value is -2.88. The van der Waals surface area contributed by atoms with Crippen molar-refractivity contribution in [3.8, 4) is 5.75 Å². The molecule has 2 aromatic carbocycles. The van der Waals surface area contributed by atoms with E-state index >= 15 is 0 Å². The molecular weight excluding hydrogens is 264 g/mol. The summed E-state index contributed by atoms with van der Waals surface area (Å²) in [7, 11) is 1.59. The Kier molecular flexibility index (Phi) is 3.28. The number of amidine groups is 1. The summed E-state index contributed by atoms with van der Waals surface area (Å²) in [6, 6.07) is 14.6. The van der Waals surface area contributed by atoms with Gasteiger partial charge in [-0.1, -0.05) is 24.3 Å². The van der Waals surface area contributed by atoms with E-state index in [9.17, 15) is 4.79 Å². The second-order valence-electron chi connectivity index (χ2n) is 4.66. The highest BCUT2D eigenvalue weighted by Crippen LogP contribution is 2.27. The number of carbonyl (C=O) groups excluding carboxylic acids is 1. The zero-order valence-corrected chi connectivity index (χ0v) is 11.5. The van der Waals surface area contributed by atoms with Gasteiger partial charge in [0, 0.05) is 22.8 Å². The molecule has 4 nitrogen and oxygen atoms in total. The molecule has 0 spiro atoms. The number of carbonyl (C=O) groups is 1. The maximum atomic E-state index is 12.3. The van der Waals surface area contributed by atoms with E-state index < -0.39 is 0 Å². The summed E-state index contributed by atoms with van der Waals surface area (Å²) < 4.78 is 5.08. The van der Waals surface area contributed by atoms with Crippen LogP contribution in [0.1, 0.15) is 21.5 Å². The fraction of sp³-hybridized carbons (Fsp3) is 0.0588. The maximum absolute atomic E-state index is 12.3. The van der Waals surface area contributed by atoms with Gasteiger partial charge in [0.25, 0.3) is 0 Å². The molecule has 104 valence electrons. The first kappa shape index (κ1) is 13.1. The standard InChI is InChI=1S/C17H14N2O2/c1-21-12-8-6-11(7-9-12)16(20)10-15-13-4-2-3-5-14(13)17(18)19-15/h2-10H,1H3,(H2,18,19)/b15-10-. The van der Waals surface area contributed by atoms with Crippen LogP contribution in [0.3, 0.4) is 0 Å². The van der Waals surface area contributed by atoms with Crippen molar-refractivity contribution in [1.82, 2.24) is 0 Å². The zero-order valence-electron chi connectivity index (χ0n) is 11.5. The Morgan fingerprint density at radius 2 is 1.76 bits per heavy atom. The van der Waals surface area contributed by atoms with Gasteiger partial charge >= 0.3 is 0 Å². The third-order valence-corrected chi connectivity index (χ3v) is 3.36. The molecule has 21 heavy (non-hydrogen) atoms. The van der Waals surface area contributed by atoms with Crippen molar-refractivity contribution in [2.45, 2.75) is 0 Å². The Balaban J connectivity index is 1.93. The Morgan fingerprint density at radius 1 is 1.10 bits per heavy atom. The van der Waals surface area contributed by atoms with E-state index in [2.05, 4.69) is 4.99 Å². The van der Waals surface area contributed by atoms with Crippen LogP contribution in [0.2, 0.25) is 0 Å². The summed E-state index contributed by atoms with van der Waals surface area (Å²) in [4.78, 5) is 16.6. The Bertz CT molecular complexity index is 759. The molecule has 2 aromatic rings. The molecule has 0 unspecified atom stereocenters. The van der Waals surface area contributed by atoms with Gasteiger partial charge in [0.05, 0.1) is 12.8 Å². The summed E-state index contributed by atoms with van der Waals surface area (Å²) in [6.45, 7) is 0. The first-order chi connectivity index (χ1) is 10.2. The highest BCUT2D eigenvalue weighted by molar-refractivity contribution is 6.15. The molecule has 0 bridgehead atoms. The summed E-state index contributed by atoms with van der Waals surface area (Å²) in [5.74, 6) is 1.05. The number of rotatable bonds is 3. The fourth-order valence-corrected chi connectivity index (χ4v) is 2.25. The minimum atomic E-state index is -0.110. The number of nitrogens with zero attached hydrogens (tertiary/aromatic N) is 1. The molecule has 1 aliphatic rings. The van der Waals surface area contributed by atoms with Crippen LogP contribution in [0.4, 0.5) is 0 Å². The topological polar surface area (TPSA) is 64.7 Å². The number of hydrogen-bond acceptors (Lipinski definition) is 4. The van der Waals surface area contributed by atoms with Crippen LogP contribution >= 0.6 is 0 Å². The second kappa shape index (κ2) is 5.25. The summed E-state index contributed by atoms with van der Waals surface area (Å²) in [6.07, 6.45) is 1.51. The van der Waals surface area contributed by atoms with Gasteiger partial charge in [-0.25, -0.2) is 4.99 Å². The van der Waals surface area contributed by atoms with Gasteiger partial charge in [0.1, 0.15) is 11.6 Å². The van der Waals surface area contributed by atoms with Crippen LogP contribution in [0.15, 0.2) is 59.6 Å². The van der Waals surface area contributed by atoms with E-state index in [1.54, 1.807) is 31.4 Å². The van der Waals surface area contributed by atoms with Crippen molar-refractivity contribution in [2.75, 3.05) is 7.11 Å². The molecule has 4 heteroatoms. The number of hydrogen-bond donors (Lipinski definition) is 1. The molecule has 1 heterocycles. The number of methoxy groups -OCH3 is 1. The SMILES string of the molecule is COc1ccc(C(=O)/C=C2\N=C(N)c3ccccc32)cc1. The number of ether oxygens (including phenoxy) is 1. The number of benzene rings is 2. The average Bonchev–Trinajstić information content (AvgIpc) is 2.84. The van der Waals surface area contributed by atoms with Crippen LogP contribution in [0, 0.1) is 0 Å². The summed E-state index contributed by atoms with van der Waals surface area (Å²) in [5, 5.41) is 0. The van der Waals surface area contributed by atoms with E-state index in [-0.39, 0.29) is 5.78 Å². The van der Waals surface area contributed by atoms with Crippen molar-refractivity contribution in [1.29, 1.82) is 0 Å². The van der Waals surface area contributed by atoms with E-state index in [1.165, 1.54) is 6.08 Å². The highest BCUT2D eigenvalue weighted by atomic mass is 16.5. The third-order valence-electron chi connectivity index (χ3n) is 3.36. The Labute approximate surface area is 122 Å². The van der Waals surface area contributed by atoms with Crippen LogP contribution in [-0.2, 0) is 0 Å². The van der Waals surface area contributed by atoms with Crippen molar-refractivity contribution < 1.29 is 9.53 Å². The van der Waals surface area contributed by atoms with E-state index in [1.807, 2.05) is 24.3 Å². The van der Waals surface area contributed by atoms with E-state index in [0.29, 0.717) is 22.8 Å². The lowest BCUT2D eigenvalue weighted by Crippen LogP contribution is -2.09. The molecule has 0 amide bonds. The van der Waals surface area contributed by atoms with Crippen molar-refractivity contribution in [3.63, 3.8) is 0 Å². The molecule has 0 atom stereocenters. The van der Waals surface area contributed by atoms with Crippen LogP contribution in [0.5, 0.6) is 5.75 Å². The van der Waals surface area contributed by atoms with Gasteiger partial charge < -0.3 is 10.5 Å². The molecular formula is C17H14N2O2. The monoisotopic (exact) mass is 278 g/mol. The van der Waals surface area contributed by atoms with E-state index in [0.717, 1.165) is 11.1 Å². The van der Waals surface area contributed by atoms with Crippen molar-refractivity contribution >= 4 is 17.3 Å². The largest absolute Gasteiger partial charge is 0.497 e. The van der Waals surface area contributed by atoms with Gasteiger partial charge in [0.2, 0.25) is 0 Å². The maximum Gasteiger partial charge on any atom is 0.188 e. The third kappa shape index (κ3) is 2.43. The number of nitrogens with two attached hydrogens (primary N) is 1. The first-order valence-electron chi connectivity index (χ1n) is 6.53. The van der Waals surface area contributed by atoms with Crippen LogP contribution < -0.4 is 10.5 Å². The normalized spacial score (nSPS) is 14.7. The minimum absolute atomic E-state index is 0.110. The summed E-state index contributed by atoms with van der Waals surface area (Å²) in [5.41, 5.74) is 8.81. The molecule has 0 aromatic heterocycles. The van der Waals surface area contributed by atoms with Crippen molar-refractivity contribution in [2.24, 2.45) is 10.7 Å². The second-order valence-corrected chi connectivity index (χ2v) is 4.66. The molecule has 0 saturated heterocycles. The predicted molar refractivity (Wildman–Crippen MR) is 82.5 cm³/mol. The lowest BCUT2D eigenvalue weighted by atomic mass is 10.0. The number of aliphatic imine (C=N–C) groups is 1. The average molecular weight is 278 g/mol. The van der Waals surface area contributed by atoms with Gasteiger partial charge in [-0.3, -0.25) is 4.79 Å². The van der Waals surface area contributed by atoms with Gasteiger partial charge in [0.15, 0.2) is 5.78 Å². The van der Waals surface area contributed by atoms with Crippen LogP contribution in [0.25, 0.3) is 5.70 Å². The molecule has 0 radical (unpaired) electrons. The molecule has 0 fully saturated rings. The Morgan fingerprint density at radius 3 is 2.43 bits per heavy atom. The molecule has 0 aliphatic carbocycles. The van der Waals surface area contributed by atoms with Crippen molar-refractivity contribution in [3.05, 3.63) is 71.3 Å². The van der Waals surface area contributed by atoms with Gasteiger partial charge in [-0.2, -0.15) is 0 Å². The molecule has 3 rings (SSSR count). The summed E-state index contributed by atoms with van der Waals surface area (Å²) >= 11 is 0. The quantitative estimate of drug-likeness (QED) is 0.693. The smallest absolute Gasteiger partial charge is 0.188 e. The lowest BCUT2D eigenvalue weighted by molar-refractivity contribution is 0.104. The highest BCUT2D eigenvalue weighted by Gasteiger charge is 2.18. The molecule has 2 N–H and O–H groups in total. The number of fused-ring (bicyclic) bond motifs is 1. The van der Waals surface area contributed by atoms with Gasteiger partial charge in [-0.05, 0) is 24.3 Å². The van der Waals surface area contributed by atoms with E-state index in [4.69, 9.17) is 10.5 Å². The minimum Gasteiger partial charge on any atom is -0.497 e. The molecule has 0 saturated carbocycles. The fourth-order valence-electron chi connectivity index (χ4n) is 2.25. The van der Waals surface area contributed by atoms with Gasteiger partial charge in [-0.15, -0.1) is 0 Å². The number of allylic oxidation sites excluding steroid dienone is 1. The number of ketones is 1. The lowest BCUT2D eigenvalue weighted by Gasteiger charge is -2.01. The molecule has 1 aliphatic heterocycles. The first-order valence-corrected chi connectivity index (χ1v) is 6.53.